The highest BCUT2D eigenvalue weighted by atomic mass is 79.9. The molecule has 0 amide bonds. The highest BCUT2D eigenvalue weighted by molar-refractivity contribution is 9.11. The van der Waals surface area contributed by atoms with Gasteiger partial charge in [0.1, 0.15) is 0 Å². The van der Waals surface area contributed by atoms with Crippen LogP contribution in [0.2, 0.25) is 0 Å². The summed E-state index contributed by atoms with van der Waals surface area (Å²) >= 11 is 3.26. The van der Waals surface area contributed by atoms with Crippen LogP contribution < -0.4 is 5.32 Å². The molecule has 3 aromatic carbocycles. The first-order chi connectivity index (χ1) is 16.3. The van der Waals surface area contributed by atoms with Crippen LogP contribution in [-0.4, -0.2) is 11.7 Å². The Morgan fingerprint density at radius 2 is 1.47 bits per heavy atom. The molecular weight excluding hydrogens is 482 g/mol. The zero-order valence-electron chi connectivity index (χ0n) is 21.0. The smallest absolute Gasteiger partial charge is 0.0684 e. The number of fused-ring (bicyclic) bond motifs is 1. The summed E-state index contributed by atoms with van der Waals surface area (Å²) in [5, 5.41) is 13.1. The molecule has 0 saturated heterocycles. The molecule has 34 heavy (non-hydrogen) atoms. The first-order valence-electron chi connectivity index (χ1n) is 11.9. The summed E-state index contributed by atoms with van der Waals surface area (Å²) in [6, 6.07) is 17.6. The van der Waals surface area contributed by atoms with Gasteiger partial charge in [0, 0.05) is 6.54 Å². The highest BCUT2D eigenvalue weighted by Crippen LogP contribution is 2.28. The van der Waals surface area contributed by atoms with Gasteiger partial charge in [0.15, 0.2) is 0 Å². The zero-order chi connectivity index (χ0) is 24.7. The maximum absolute atomic E-state index is 9.54. The fourth-order valence-corrected chi connectivity index (χ4v) is 4.58. The molecule has 178 valence electrons. The number of halogens is 1. The molecule has 1 atom stereocenters. The lowest BCUT2D eigenvalue weighted by Gasteiger charge is -2.26. The first kappa shape index (κ1) is 26.2. The largest absolute Gasteiger partial charge is 0.392 e. The average Bonchev–Trinajstić information content (AvgIpc) is 2.82. The van der Waals surface area contributed by atoms with Gasteiger partial charge in [0.25, 0.3) is 0 Å². The summed E-state index contributed by atoms with van der Waals surface area (Å²) < 4.78 is 0. The van der Waals surface area contributed by atoms with Crippen LogP contribution in [0.5, 0.6) is 0 Å². The molecular formula is C31H36BrNO. The van der Waals surface area contributed by atoms with Crippen molar-refractivity contribution in [3.8, 4) is 0 Å². The van der Waals surface area contributed by atoms with E-state index in [4.69, 9.17) is 0 Å². The summed E-state index contributed by atoms with van der Waals surface area (Å²) in [5.41, 5.74) is 12.6. The summed E-state index contributed by atoms with van der Waals surface area (Å²) in [7, 11) is 0. The van der Waals surface area contributed by atoms with E-state index in [1.807, 2.05) is 4.99 Å². The number of aliphatic hydroxyl groups excluding tert-OH is 1. The Balaban J connectivity index is 0.000000248. The molecule has 2 nitrogen and oxygen atoms in total. The van der Waals surface area contributed by atoms with Crippen LogP contribution in [-0.2, 0) is 13.0 Å². The predicted octanol–water partition coefficient (Wildman–Crippen LogP) is 7.67. The minimum Gasteiger partial charge on any atom is -0.392 e. The molecule has 3 heteroatoms. The monoisotopic (exact) mass is 517 g/mol. The van der Waals surface area contributed by atoms with Crippen molar-refractivity contribution < 1.29 is 5.11 Å². The van der Waals surface area contributed by atoms with E-state index in [9.17, 15) is 5.11 Å². The molecule has 0 radical (unpaired) electrons. The molecule has 0 spiro atoms. The predicted molar refractivity (Wildman–Crippen MR) is 150 cm³/mol. The van der Waals surface area contributed by atoms with Crippen molar-refractivity contribution in [2.75, 3.05) is 6.54 Å². The second kappa shape index (κ2) is 12.3. The van der Waals surface area contributed by atoms with Gasteiger partial charge in [-0.25, -0.2) is 0 Å². The molecule has 2 N–H and O–H groups in total. The van der Waals surface area contributed by atoms with E-state index in [0.29, 0.717) is 0 Å². The third-order valence-electron chi connectivity index (χ3n) is 6.44. The van der Waals surface area contributed by atoms with Crippen LogP contribution in [0.15, 0.2) is 59.6 Å². The SMILES string of the molecule is Cc1ccc(C)c(/C=C/Br)c1.Cc1ccc(C)c(/C=C/C2NCCc3cc(C)c(CO)cc32)c1. The molecule has 0 aliphatic carbocycles. The Hall–Kier alpha value is -2.46. The van der Waals surface area contributed by atoms with E-state index in [1.54, 1.807) is 0 Å². The third kappa shape index (κ3) is 6.79. The topological polar surface area (TPSA) is 32.3 Å². The number of rotatable bonds is 4. The Labute approximate surface area is 213 Å². The number of hydrogen-bond donors (Lipinski definition) is 2. The lowest BCUT2D eigenvalue weighted by atomic mass is 9.89. The average molecular weight is 519 g/mol. The van der Waals surface area contributed by atoms with E-state index in [0.717, 1.165) is 18.5 Å². The Morgan fingerprint density at radius 3 is 2.06 bits per heavy atom. The van der Waals surface area contributed by atoms with Crippen LogP contribution in [0.1, 0.15) is 61.7 Å². The molecule has 1 aliphatic rings. The van der Waals surface area contributed by atoms with Gasteiger partial charge in [0.05, 0.1) is 12.6 Å². The maximum Gasteiger partial charge on any atom is 0.0684 e. The van der Waals surface area contributed by atoms with Crippen molar-refractivity contribution >= 4 is 28.1 Å². The molecule has 1 heterocycles. The minimum atomic E-state index is 0.104. The fourth-order valence-electron chi connectivity index (χ4n) is 4.30. The third-order valence-corrected chi connectivity index (χ3v) is 6.71. The van der Waals surface area contributed by atoms with Crippen molar-refractivity contribution in [3.05, 3.63) is 115 Å². The summed E-state index contributed by atoms with van der Waals surface area (Å²) in [5.74, 6) is 0. The zero-order valence-corrected chi connectivity index (χ0v) is 22.5. The van der Waals surface area contributed by atoms with E-state index in [2.05, 4.69) is 123 Å². The summed E-state index contributed by atoms with van der Waals surface area (Å²) in [6.45, 7) is 11.7. The van der Waals surface area contributed by atoms with Crippen molar-refractivity contribution in [3.63, 3.8) is 0 Å². The standard InChI is InChI=1S/C21H25NO.C10H11Br/c1-14-4-5-15(2)17(10-14)6-7-21-20-12-19(13-23)16(3)11-18(20)8-9-22-21;1-8-3-4-9(2)10(7-8)5-6-11/h4-7,10-12,21-23H,8-9,13H2,1-3H3;3-7H,1-2H3/b7-6+;6-5+. The normalized spacial score (nSPS) is 15.3. The van der Waals surface area contributed by atoms with Crippen LogP contribution >= 0.6 is 15.9 Å². The van der Waals surface area contributed by atoms with Crippen molar-refractivity contribution in [1.82, 2.24) is 5.32 Å². The first-order valence-corrected chi connectivity index (χ1v) is 12.8. The van der Waals surface area contributed by atoms with Gasteiger partial charge < -0.3 is 10.4 Å². The van der Waals surface area contributed by atoms with E-state index in [1.165, 1.54) is 50.1 Å². The van der Waals surface area contributed by atoms with Gasteiger partial charge in [-0.1, -0.05) is 87.7 Å². The second-order valence-corrected chi connectivity index (χ2v) is 9.72. The molecule has 3 aromatic rings. The summed E-state index contributed by atoms with van der Waals surface area (Å²) in [6.07, 6.45) is 7.57. The van der Waals surface area contributed by atoms with E-state index >= 15 is 0 Å². The lowest BCUT2D eigenvalue weighted by Crippen LogP contribution is -2.28. The van der Waals surface area contributed by atoms with Gasteiger partial charge in [-0.3, -0.25) is 0 Å². The van der Waals surface area contributed by atoms with Gasteiger partial charge in [-0.15, -0.1) is 0 Å². The molecule has 0 fully saturated rings. The molecule has 1 unspecified atom stereocenters. The number of benzene rings is 3. The van der Waals surface area contributed by atoms with Crippen molar-refractivity contribution in [1.29, 1.82) is 0 Å². The molecule has 0 saturated carbocycles. The Kier molecular flexibility index (Phi) is 9.46. The molecule has 0 aromatic heterocycles. The highest BCUT2D eigenvalue weighted by Gasteiger charge is 2.18. The quantitative estimate of drug-likeness (QED) is 0.371. The molecule has 4 rings (SSSR count). The number of nitrogens with one attached hydrogen (secondary N) is 1. The van der Waals surface area contributed by atoms with Crippen molar-refractivity contribution in [2.24, 2.45) is 0 Å². The van der Waals surface area contributed by atoms with Gasteiger partial charge >= 0.3 is 0 Å². The number of hydrogen-bond acceptors (Lipinski definition) is 2. The van der Waals surface area contributed by atoms with E-state index < -0.39 is 0 Å². The van der Waals surface area contributed by atoms with Gasteiger partial charge in [-0.2, -0.15) is 0 Å². The van der Waals surface area contributed by atoms with Crippen molar-refractivity contribution in [2.45, 2.75) is 53.7 Å². The fraction of sp³-hybridized carbons (Fsp3) is 0.290. The Morgan fingerprint density at radius 1 is 0.853 bits per heavy atom. The van der Waals surface area contributed by atoms with Crippen LogP contribution in [0.3, 0.4) is 0 Å². The lowest BCUT2D eigenvalue weighted by molar-refractivity contribution is 0.280. The molecule has 0 bridgehead atoms. The maximum atomic E-state index is 9.54. The second-order valence-electron chi connectivity index (χ2n) is 9.19. The molecule has 1 aliphatic heterocycles. The number of aliphatic hydroxyl groups is 1. The van der Waals surface area contributed by atoms with E-state index in [-0.39, 0.29) is 12.6 Å². The van der Waals surface area contributed by atoms with Crippen LogP contribution in [0.4, 0.5) is 0 Å². The van der Waals surface area contributed by atoms with Gasteiger partial charge in [0.2, 0.25) is 0 Å². The minimum absolute atomic E-state index is 0.104. The Bertz CT molecular complexity index is 1190. The van der Waals surface area contributed by atoms with Crippen LogP contribution in [0, 0.1) is 34.6 Å². The summed E-state index contributed by atoms with van der Waals surface area (Å²) in [4.78, 5) is 1.88. The number of aryl methyl sites for hydroxylation is 5. The van der Waals surface area contributed by atoms with Gasteiger partial charge in [-0.05, 0) is 96.6 Å². The van der Waals surface area contributed by atoms with Crippen LogP contribution in [0.25, 0.3) is 12.2 Å².